The summed E-state index contributed by atoms with van der Waals surface area (Å²) in [4.78, 5) is 30.7. The smallest absolute Gasteiger partial charge is 0.257 e. The van der Waals surface area contributed by atoms with Crippen molar-refractivity contribution in [3.05, 3.63) is 82.1 Å². The van der Waals surface area contributed by atoms with Crippen molar-refractivity contribution in [3.63, 3.8) is 0 Å². The molecule has 1 aliphatic heterocycles. The first-order valence-electron chi connectivity index (χ1n) is 10.0. The highest BCUT2D eigenvalue weighted by Crippen LogP contribution is 2.27. The van der Waals surface area contributed by atoms with Gasteiger partial charge in [0.15, 0.2) is 6.30 Å². The summed E-state index contributed by atoms with van der Waals surface area (Å²) >= 11 is 12.0. The molecule has 1 fully saturated rings. The van der Waals surface area contributed by atoms with Crippen LogP contribution in [-0.2, 0) is 4.74 Å². The van der Waals surface area contributed by atoms with Crippen LogP contribution in [0.15, 0.2) is 60.8 Å². The van der Waals surface area contributed by atoms with Crippen molar-refractivity contribution in [1.82, 2.24) is 4.98 Å². The number of morpholine rings is 1. The molecular weight excluding hydrogens is 470 g/mol. The average Bonchev–Trinajstić information content (AvgIpc) is 2.82. The molecule has 1 saturated heterocycles. The minimum atomic E-state index is -1.27. The average molecular weight is 489 g/mol. The van der Waals surface area contributed by atoms with Crippen LogP contribution in [0.2, 0.25) is 10.2 Å². The molecule has 2 aromatic carbocycles. The van der Waals surface area contributed by atoms with Crippen LogP contribution in [0.4, 0.5) is 21.5 Å². The number of rotatable bonds is 5. The summed E-state index contributed by atoms with van der Waals surface area (Å²) in [6, 6.07) is 14.5. The first kappa shape index (κ1) is 23.0. The van der Waals surface area contributed by atoms with Crippen LogP contribution >= 0.6 is 23.2 Å². The number of nitrogens with zero attached hydrogens (tertiary/aromatic N) is 2. The Bertz CT molecular complexity index is 1180. The zero-order valence-corrected chi connectivity index (χ0v) is 18.7. The summed E-state index contributed by atoms with van der Waals surface area (Å²) in [5, 5.41) is 6.03. The van der Waals surface area contributed by atoms with E-state index in [1.165, 1.54) is 18.3 Å². The van der Waals surface area contributed by atoms with Crippen LogP contribution in [0.5, 0.6) is 0 Å². The molecule has 0 saturated carbocycles. The van der Waals surface area contributed by atoms with Crippen LogP contribution in [0, 0.1) is 0 Å². The lowest BCUT2D eigenvalue weighted by molar-refractivity contribution is 0.0496. The van der Waals surface area contributed by atoms with Crippen LogP contribution in [0.3, 0.4) is 0 Å². The van der Waals surface area contributed by atoms with E-state index in [-0.39, 0.29) is 17.7 Å². The van der Waals surface area contributed by atoms with Gasteiger partial charge in [-0.05, 0) is 48.5 Å². The van der Waals surface area contributed by atoms with E-state index in [1.807, 2.05) is 0 Å². The highest BCUT2D eigenvalue weighted by Gasteiger charge is 2.23. The second-order valence-corrected chi connectivity index (χ2v) is 8.02. The summed E-state index contributed by atoms with van der Waals surface area (Å²) in [7, 11) is 0. The maximum absolute atomic E-state index is 14.2. The number of benzene rings is 2. The fourth-order valence-electron chi connectivity index (χ4n) is 3.30. The molecule has 4 rings (SSSR count). The number of carbonyl (C=O) groups is 2. The molecule has 3 aromatic rings. The van der Waals surface area contributed by atoms with Gasteiger partial charge in [-0.1, -0.05) is 29.3 Å². The second kappa shape index (κ2) is 10.2. The third-order valence-corrected chi connectivity index (χ3v) is 5.53. The zero-order valence-electron chi connectivity index (χ0n) is 17.2. The molecule has 0 aliphatic carbocycles. The van der Waals surface area contributed by atoms with Gasteiger partial charge in [0.25, 0.3) is 11.8 Å². The summed E-state index contributed by atoms with van der Waals surface area (Å²) in [5.74, 6) is -0.814. The topological polar surface area (TPSA) is 83.6 Å². The number of hydrogen-bond acceptors (Lipinski definition) is 5. The molecule has 2 N–H and O–H groups in total. The van der Waals surface area contributed by atoms with Gasteiger partial charge in [0.05, 0.1) is 29.5 Å². The molecule has 10 heteroatoms. The van der Waals surface area contributed by atoms with E-state index in [2.05, 4.69) is 15.6 Å². The van der Waals surface area contributed by atoms with Crippen molar-refractivity contribution in [1.29, 1.82) is 0 Å². The predicted molar refractivity (Wildman–Crippen MR) is 126 cm³/mol. The summed E-state index contributed by atoms with van der Waals surface area (Å²) < 4.78 is 19.3. The summed E-state index contributed by atoms with van der Waals surface area (Å²) in [6.45, 7) is 0.805. The van der Waals surface area contributed by atoms with Gasteiger partial charge in [0.2, 0.25) is 0 Å². The number of alkyl halides is 1. The number of carbonyl (C=O) groups excluding carboxylic acids is 2. The summed E-state index contributed by atoms with van der Waals surface area (Å²) in [5.41, 5.74) is 2.00. The molecule has 2 amide bonds. The molecule has 0 spiro atoms. The van der Waals surface area contributed by atoms with Gasteiger partial charge in [0, 0.05) is 29.7 Å². The lowest BCUT2D eigenvalue weighted by atomic mass is 10.1. The van der Waals surface area contributed by atoms with Gasteiger partial charge < -0.3 is 20.3 Å². The Kier molecular flexibility index (Phi) is 7.08. The molecule has 0 radical (unpaired) electrons. The van der Waals surface area contributed by atoms with Crippen molar-refractivity contribution >= 4 is 52.1 Å². The van der Waals surface area contributed by atoms with E-state index in [0.717, 1.165) is 0 Å². The minimum absolute atomic E-state index is 0.0121. The van der Waals surface area contributed by atoms with Gasteiger partial charge >= 0.3 is 0 Å². The number of ether oxygens (including phenoxy) is 1. The Morgan fingerprint density at radius 1 is 1.03 bits per heavy atom. The normalized spacial score (nSPS) is 15.7. The highest BCUT2D eigenvalue weighted by molar-refractivity contribution is 6.34. The number of aromatic nitrogens is 1. The Morgan fingerprint density at radius 3 is 2.61 bits per heavy atom. The third-order valence-electron chi connectivity index (χ3n) is 4.97. The van der Waals surface area contributed by atoms with Crippen LogP contribution in [0.25, 0.3) is 0 Å². The summed E-state index contributed by atoms with van der Waals surface area (Å²) in [6.07, 6.45) is 0.0796. The van der Waals surface area contributed by atoms with Crippen LogP contribution < -0.4 is 15.5 Å². The largest absolute Gasteiger partial charge is 0.375 e. The van der Waals surface area contributed by atoms with Gasteiger partial charge in [-0.15, -0.1) is 0 Å². The Balaban J connectivity index is 1.48. The molecule has 33 heavy (non-hydrogen) atoms. The van der Waals surface area contributed by atoms with Crippen LogP contribution in [0.1, 0.15) is 20.7 Å². The van der Waals surface area contributed by atoms with Crippen molar-refractivity contribution in [2.75, 3.05) is 35.3 Å². The molecule has 170 valence electrons. The molecule has 1 atom stereocenters. The quantitative estimate of drug-likeness (QED) is 0.388. The van der Waals surface area contributed by atoms with Crippen LogP contribution in [-0.4, -0.2) is 42.9 Å². The molecule has 2 heterocycles. The molecule has 7 nitrogen and oxygen atoms in total. The Morgan fingerprint density at radius 2 is 1.85 bits per heavy atom. The minimum Gasteiger partial charge on any atom is -0.375 e. The zero-order chi connectivity index (χ0) is 23.4. The number of anilines is 3. The Labute approximate surface area is 199 Å². The fourth-order valence-corrected chi connectivity index (χ4v) is 3.57. The van der Waals surface area contributed by atoms with E-state index in [9.17, 15) is 14.0 Å². The predicted octanol–water partition coefficient (Wildman–Crippen LogP) is 5.03. The molecule has 1 aliphatic rings. The second-order valence-electron chi connectivity index (χ2n) is 7.23. The van der Waals surface area contributed by atoms with E-state index >= 15 is 0 Å². The van der Waals surface area contributed by atoms with E-state index in [0.29, 0.717) is 46.4 Å². The number of nitrogens with one attached hydrogen (secondary N) is 2. The Hall–Kier alpha value is -3.20. The lowest BCUT2D eigenvalue weighted by Crippen LogP contribution is -2.42. The van der Waals surface area contributed by atoms with E-state index < -0.39 is 12.2 Å². The number of pyridine rings is 1. The lowest BCUT2D eigenvalue weighted by Gasteiger charge is -2.32. The number of hydrogen-bond donors (Lipinski definition) is 2. The van der Waals surface area contributed by atoms with Gasteiger partial charge in [-0.25, -0.2) is 9.37 Å². The van der Waals surface area contributed by atoms with Crippen molar-refractivity contribution in [2.24, 2.45) is 0 Å². The standard InChI is InChI=1S/C23H19Cl2FN4O3/c24-18-6-5-16(11-19(18)29-23(32)15-4-7-20(25)27-12-15)28-22(31)14-2-1-3-17(10-14)30-8-9-33-13-21(30)26/h1-7,10-12,21H,8-9,13H2,(H,28,31)(H,29,32). The van der Waals surface area contributed by atoms with E-state index in [1.54, 1.807) is 47.4 Å². The first-order valence-corrected chi connectivity index (χ1v) is 10.8. The monoisotopic (exact) mass is 488 g/mol. The molecular formula is C23H19Cl2FN4O3. The highest BCUT2D eigenvalue weighted by atomic mass is 35.5. The van der Waals surface area contributed by atoms with Gasteiger partial charge in [-0.3, -0.25) is 9.59 Å². The van der Waals surface area contributed by atoms with Gasteiger partial charge in [-0.2, -0.15) is 0 Å². The first-order chi connectivity index (χ1) is 15.9. The maximum atomic E-state index is 14.2. The number of halogens is 3. The maximum Gasteiger partial charge on any atom is 0.257 e. The van der Waals surface area contributed by atoms with Crippen molar-refractivity contribution < 1.29 is 18.7 Å². The molecule has 1 aromatic heterocycles. The number of amides is 2. The SMILES string of the molecule is O=C(Nc1ccc(Cl)c(NC(=O)c2ccc(Cl)nc2)c1)c1cccc(N2CCOCC2F)c1. The van der Waals surface area contributed by atoms with Crippen molar-refractivity contribution in [2.45, 2.75) is 6.30 Å². The molecule has 0 bridgehead atoms. The fraction of sp³-hybridized carbons (Fsp3) is 0.174. The van der Waals surface area contributed by atoms with Gasteiger partial charge in [0.1, 0.15) is 5.15 Å². The third kappa shape index (κ3) is 5.60. The van der Waals surface area contributed by atoms with E-state index in [4.69, 9.17) is 27.9 Å². The van der Waals surface area contributed by atoms with Crippen molar-refractivity contribution in [3.8, 4) is 0 Å². The molecule has 1 unspecified atom stereocenters.